The van der Waals surface area contributed by atoms with E-state index in [2.05, 4.69) is 30.7 Å². The Morgan fingerprint density at radius 3 is 2.60 bits per heavy atom. The van der Waals surface area contributed by atoms with Crippen molar-refractivity contribution in [3.05, 3.63) is 24.0 Å². The summed E-state index contributed by atoms with van der Waals surface area (Å²) in [5.41, 5.74) is 1.54. The molecule has 1 N–H and O–H groups in total. The number of sulfonamides is 1. The van der Waals surface area contributed by atoms with Gasteiger partial charge in [-0.05, 0) is 62.6 Å². The third kappa shape index (κ3) is 5.89. The molecule has 0 aliphatic carbocycles. The Bertz CT molecular complexity index is 1150. The summed E-state index contributed by atoms with van der Waals surface area (Å²) in [6.45, 7) is 12.2. The maximum Gasteiger partial charge on any atom is 0.243 e. The molecule has 8 nitrogen and oxygen atoms in total. The van der Waals surface area contributed by atoms with E-state index >= 15 is 0 Å². The summed E-state index contributed by atoms with van der Waals surface area (Å²) in [7, 11) is -3.66. The van der Waals surface area contributed by atoms with Crippen LogP contribution in [0.15, 0.2) is 23.1 Å². The van der Waals surface area contributed by atoms with Crippen LogP contribution >= 0.6 is 0 Å². The summed E-state index contributed by atoms with van der Waals surface area (Å²) < 4.78 is 36.5. The van der Waals surface area contributed by atoms with Crippen molar-refractivity contribution in [1.82, 2.24) is 19.2 Å². The van der Waals surface area contributed by atoms with E-state index in [1.807, 2.05) is 13.0 Å². The van der Waals surface area contributed by atoms with Crippen molar-refractivity contribution in [2.24, 2.45) is 11.8 Å². The van der Waals surface area contributed by atoms with Crippen LogP contribution in [0.3, 0.4) is 0 Å². The van der Waals surface area contributed by atoms with E-state index in [9.17, 15) is 13.2 Å². The second kappa shape index (κ2) is 10.6. The molecule has 1 unspecified atom stereocenters. The topological polar surface area (TPSA) is 93.5 Å². The van der Waals surface area contributed by atoms with E-state index in [0.717, 1.165) is 62.3 Å². The van der Waals surface area contributed by atoms with Gasteiger partial charge >= 0.3 is 0 Å². The maximum atomic E-state index is 13.6. The van der Waals surface area contributed by atoms with Crippen LogP contribution in [0.25, 0.3) is 11.0 Å². The third-order valence-electron chi connectivity index (χ3n) is 7.14. The number of piperidine rings is 1. The highest BCUT2D eigenvalue weighted by molar-refractivity contribution is 7.89. The number of hydrogen-bond acceptors (Lipinski definition) is 5. The molecule has 0 bridgehead atoms. The van der Waals surface area contributed by atoms with Crippen molar-refractivity contribution < 1.29 is 17.9 Å². The highest BCUT2D eigenvalue weighted by atomic mass is 32.2. The molecule has 194 valence electrons. The lowest BCUT2D eigenvalue weighted by molar-refractivity contribution is -0.122. The number of carbonyl (C=O) groups is 1. The number of fused-ring (bicyclic) bond motifs is 1. The normalized spacial score (nSPS) is 20.9. The smallest absolute Gasteiger partial charge is 0.243 e. The van der Waals surface area contributed by atoms with Gasteiger partial charge in [0.15, 0.2) is 0 Å². The van der Waals surface area contributed by atoms with Crippen LogP contribution in [0.2, 0.25) is 0 Å². The van der Waals surface area contributed by atoms with Crippen LogP contribution in [-0.4, -0.2) is 61.0 Å². The zero-order chi connectivity index (χ0) is 25.2. The second-order valence-corrected chi connectivity index (χ2v) is 13.0. The van der Waals surface area contributed by atoms with Gasteiger partial charge in [0.2, 0.25) is 15.9 Å². The average molecular weight is 505 g/mol. The van der Waals surface area contributed by atoms with Crippen LogP contribution in [-0.2, 0) is 31.5 Å². The van der Waals surface area contributed by atoms with Gasteiger partial charge in [0.25, 0.3) is 0 Å². The molecule has 1 aromatic carbocycles. The molecule has 3 heterocycles. The average Bonchev–Trinajstić information content (AvgIpc) is 3.18. The van der Waals surface area contributed by atoms with E-state index < -0.39 is 10.0 Å². The van der Waals surface area contributed by atoms with E-state index in [0.29, 0.717) is 32.0 Å². The lowest BCUT2D eigenvalue weighted by atomic mass is 9.94. The zero-order valence-corrected chi connectivity index (χ0v) is 22.4. The first kappa shape index (κ1) is 26.1. The van der Waals surface area contributed by atoms with Gasteiger partial charge in [-0.1, -0.05) is 20.8 Å². The number of hydrogen-bond donors (Lipinski definition) is 1. The minimum Gasteiger partial charge on any atom is -0.381 e. The van der Waals surface area contributed by atoms with Crippen molar-refractivity contribution in [2.75, 3.05) is 32.8 Å². The van der Waals surface area contributed by atoms with Gasteiger partial charge in [-0.2, -0.15) is 4.31 Å². The predicted octanol–water partition coefficient (Wildman–Crippen LogP) is 3.69. The van der Waals surface area contributed by atoms with Crippen molar-refractivity contribution in [1.29, 1.82) is 0 Å². The lowest BCUT2D eigenvalue weighted by Gasteiger charge is -2.31. The van der Waals surface area contributed by atoms with Crippen molar-refractivity contribution in [3.8, 4) is 0 Å². The SMILES string of the molecule is CCNC(=O)CC1CCCN(S(=O)(=O)c2ccc3c(c2)nc(C(C)(C)C)n3CC2CCOCC2)C1. The number of rotatable bonds is 7. The van der Waals surface area contributed by atoms with Crippen LogP contribution in [0.1, 0.15) is 65.6 Å². The van der Waals surface area contributed by atoms with Crippen molar-refractivity contribution >= 4 is 27.0 Å². The summed E-state index contributed by atoms with van der Waals surface area (Å²) in [6, 6.07) is 5.37. The fourth-order valence-corrected chi connectivity index (χ4v) is 6.88. The van der Waals surface area contributed by atoms with Crippen molar-refractivity contribution in [3.63, 3.8) is 0 Å². The molecule has 35 heavy (non-hydrogen) atoms. The zero-order valence-electron chi connectivity index (χ0n) is 21.5. The van der Waals surface area contributed by atoms with Crippen LogP contribution < -0.4 is 5.32 Å². The Labute approximate surface area is 209 Å². The van der Waals surface area contributed by atoms with Crippen molar-refractivity contribution in [2.45, 2.75) is 76.7 Å². The molecule has 9 heteroatoms. The van der Waals surface area contributed by atoms with E-state index in [-0.39, 0.29) is 22.1 Å². The summed E-state index contributed by atoms with van der Waals surface area (Å²) in [4.78, 5) is 17.3. The van der Waals surface area contributed by atoms with Gasteiger partial charge in [-0.3, -0.25) is 4.79 Å². The Morgan fingerprint density at radius 2 is 1.91 bits per heavy atom. The summed E-state index contributed by atoms with van der Waals surface area (Å²) in [5, 5.41) is 2.82. The molecule has 1 amide bonds. The summed E-state index contributed by atoms with van der Waals surface area (Å²) in [5.74, 6) is 1.54. The minimum absolute atomic E-state index is 0.0112. The molecule has 2 saturated heterocycles. The molecular weight excluding hydrogens is 464 g/mol. The Hall–Kier alpha value is -1.97. The molecule has 0 saturated carbocycles. The van der Waals surface area contributed by atoms with Gasteiger partial charge in [-0.25, -0.2) is 13.4 Å². The highest BCUT2D eigenvalue weighted by Gasteiger charge is 2.32. The van der Waals surface area contributed by atoms with Crippen LogP contribution in [0, 0.1) is 11.8 Å². The van der Waals surface area contributed by atoms with Gasteiger partial charge in [0, 0.05) is 51.2 Å². The molecule has 2 aromatic rings. The van der Waals surface area contributed by atoms with Gasteiger partial charge in [0.1, 0.15) is 5.82 Å². The lowest BCUT2D eigenvalue weighted by Crippen LogP contribution is -2.41. The molecule has 1 aromatic heterocycles. The number of amides is 1. The monoisotopic (exact) mass is 504 g/mol. The first-order chi connectivity index (χ1) is 16.6. The summed E-state index contributed by atoms with van der Waals surface area (Å²) >= 11 is 0. The third-order valence-corrected chi connectivity index (χ3v) is 9.00. The molecule has 2 aliphatic heterocycles. The Morgan fingerprint density at radius 1 is 1.17 bits per heavy atom. The fraction of sp³-hybridized carbons (Fsp3) is 0.692. The number of imidazole rings is 1. The minimum atomic E-state index is -3.66. The summed E-state index contributed by atoms with van der Waals surface area (Å²) in [6.07, 6.45) is 4.06. The number of aromatic nitrogens is 2. The molecule has 1 atom stereocenters. The number of carbonyl (C=O) groups excluding carboxylic acids is 1. The Kier molecular flexibility index (Phi) is 7.88. The molecule has 0 spiro atoms. The van der Waals surface area contributed by atoms with E-state index in [1.54, 1.807) is 16.4 Å². The Balaban J connectivity index is 1.61. The van der Waals surface area contributed by atoms with E-state index in [1.165, 1.54) is 0 Å². The standard InChI is InChI=1S/C26H40N4O4S/c1-5-27-24(31)15-20-7-6-12-29(17-20)35(32,33)21-8-9-23-22(16-21)28-25(26(2,3)4)30(23)18-19-10-13-34-14-11-19/h8-9,16,19-20H,5-7,10-15,17-18H2,1-4H3,(H,27,31). The fourth-order valence-electron chi connectivity index (χ4n) is 5.31. The molecule has 4 rings (SSSR count). The van der Waals surface area contributed by atoms with Gasteiger partial charge < -0.3 is 14.6 Å². The largest absolute Gasteiger partial charge is 0.381 e. The second-order valence-electron chi connectivity index (χ2n) is 11.0. The molecular formula is C26H40N4O4S. The van der Waals surface area contributed by atoms with Gasteiger partial charge in [0.05, 0.1) is 15.9 Å². The van der Waals surface area contributed by atoms with E-state index in [4.69, 9.17) is 9.72 Å². The number of benzene rings is 1. The van der Waals surface area contributed by atoms with Crippen LogP contribution in [0.4, 0.5) is 0 Å². The predicted molar refractivity (Wildman–Crippen MR) is 137 cm³/mol. The number of nitrogens with zero attached hydrogens (tertiary/aromatic N) is 3. The van der Waals surface area contributed by atoms with Gasteiger partial charge in [-0.15, -0.1) is 0 Å². The maximum absolute atomic E-state index is 13.6. The first-order valence-electron chi connectivity index (χ1n) is 12.9. The molecule has 0 radical (unpaired) electrons. The number of ether oxygens (including phenoxy) is 1. The molecule has 2 fully saturated rings. The quantitative estimate of drug-likeness (QED) is 0.621. The first-order valence-corrected chi connectivity index (χ1v) is 14.4. The highest BCUT2D eigenvalue weighted by Crippen LogP contribution is 2.32. The number of nitrogens with one attached hydrogen (secondary N) is 1. The molecule has 2 aliphatic rings. The van der Waals surface area contributed by atoms with Crippen LogP contribution in [0.5, 0.6) is 0 Å².